The highest BCUT2D eigenvalue weighted by Crippen LogP contribution is 2.25. The lowest BCUT2D eigenvalue weighted by Gasteiger charge is -2.27. The molecule has 0 N–H and O–H groups in total. The summed E-state index contributed by atoms with van der Waals surface area (Å²) in [5, 5.41) is 0. The van der Waals surface area contributed by atoms with Crippen LogP contribution in [-0.4, -0.2) is 36.5 Å². The molecular weight excluding hydrogens is 234 g/mol. The molecule has 1 fully saturated rings. The van der Waals surface area contributed by atoms with Crippen LogP contribution in [0.25, 0.3) is 0 Å². The van der Waals surface area contributed by atoms with Gasteiger partial charge in [0.1, 0.15) is 12.8 Å². The maximum absolute atomic E-state index is 12.3. The molecule has 0 radical (unpaired) electrons. The number of furan rings is 1. The highest BCUT2D eigenvalue weighted by Gasteiger charge is 2.29. The van der Waals surface area contributed by atoms with Crippen molar-refractivity contribution >= 4 is 11.9 Å². The van der Waals surface area contributed by atoms with Gasteiger partial charge in [0.05, 0.1) is 18.9 Å². The molecule has 1 aromatic heterocycles. The number of rotatable bonds is 4. The Morgan fingerprint density at radius 3 is 2.72 bits per heavy atom. The van der Waals surface area contributed by atoms with Crippen LogP contribution < -0.4 is 0 Å². The Morgan fingerprint density at radius 1 is 1.44 bits per heavy atom. The van der Waals surface area contributed by atoms with E-state index in [1.165, 1.54) is 19.6 Å². The second kappa shape index (κ2) is 5.71. The molecule has 1 heterocycles. The third-order valence-corrected chi connectivity index (χ3v) is 3.32. The van der Waals surface area contributed by atoms with E-state index in [-0.39, 0.29) is 18.5 Å². The smallest absolute Gasteiger partial charge is 0.325 e. The minimum atomic E-state index is -0.390. The lowest BCUT2D eigenvalue weighted by Crippen LogP contribution is -2.42. The van der Waals surface area contributed by atoms with Crippen molar-refractivity contribution in [2.75, 3.05) is 13.7 Å². The van der Waals surface area contributed by atoms with E-state index < -0.39 is 5.97 Å². The number of carbonyl (C=O) groups excluding carboxylic acids is 2. The average molecular weight is 251 g/mol. The first-order valence-corrected chi connectivity index (χ1v) is 6.12. The minimum Gasteiger partial charge on any atom is -0.472 e. The van der Waals surface area contributed by atoms with Gasteiger partial charge >= 0.3 is 5.97 Å². The maximum Gasteiger partial charge on any atom is 0.325 e. The summed E-state index contributed by atoms with van der Waals surface area (Å²) >= 11 is 0. The number of methoxy groups -OCH3 is 1. The summed E-state index contributed by atoms with van der Waals surface area (Å²) in [4.78, 5) is 25.3. The predicted octanol–water partition coefficient (Wildman–Crippen LogP) is 1.84. The fourth-order valence-corrected chi connectivity index (χ4v) is 2.34. The number of carbonyl (C=O) groups is 2. The van der Waals surface area contributed by atoms with Gasteiger partial charge in [-0.3, -0.25) is 9.59 Å². The molecule has 0 saturated heterocycles. The SMILES string of the molecule is COC(=O)CN(C(=O)c1ccoc1)C1CCCC1. The van der Waals surface area contributed by atoms with Crippen molar-refractivity contribution in [3.8, 4) is 0 Å². The van der Waals surface area contributed by atoms with Crippen molar-refractivity contribution in [3.05, 3.63) is 24.2 Å². The molecular formula is C13H17NO4. The van der Waals surface area contributed by atoms with Crippen LogP contribution in [0.2, 0.25) is 0 Å². The fraction of sp³-hybridized carbons (Fsp3) is 0.538. The first-order valence-electron chi connectivity index (χ1n) is 6.12. The van der Waals surface area contributed by atoms with Gasteiger partial charge in [-0.15, -0.1) is 0 Å². The summed E-state index contributed by atoms with van der Waals surface area (Å²) in [7, 11) is 1.33. The molecule has 5 heteroatoms. The Labute approximate surface area is 106 Å². The Bertz CT molecular complexity index is 407. The molecule has 98 valence electrons. The zero-order valence-electron chi connectivity index (χ0n) is 10.4. The first-order chi connectivity index (χ1) is 8.72. The van der Waals surface area contributed by atoms with Crippen molar-refractivity contribution in [1.29, 1.82) is 0 Å². The zero-order chi connectivity index (χ0) is 13.0. The zero-order valence-corrected chi connectivity index (χ0v) is 10.4. The van der Waals surface area contributed by atoms with Crippen LogP contribution in [0.1, 0.15) is 36.0 Å². The molecule has 0 aliphatic heterocycles. The van der Waals surface area contributed by atoms with Gasteiger partial charge in [0, 0.05) is 6.04 Å². The molecule has 0 aromatic carbocycles. The van der Waals surface area contributed by atoms with Gasteiger partial charge in [0.2, 0.25) is 0 Å². The monoisotopic (exact) mass is 251 g/mol. The van der Waals surface area contributed by atoms with Gasteiger partial charge in [-0.25, -0.2) is 0 Å². The molecule has 1 aliphatic rings. The van der Waals surface area contributed by atoms with Crippen molar-refractivity contribution in [1.82, 2.24) is 4.90 Å². The van der Waals surface area contributed by atoms with Crippen molar-refractivity contribution in [2.24, 2.45) is 0 Å². The summed E-state index contributed by atoms with van der Waals surface area (Å²) in [6, 6.07) is 1.74. The van der Waals surface area contributed by atoms with E-state index in [1.54, 1.807) is 11.0 Å². The molecule has 0 bridgehead atoms. The van der Waals surface area contributed by atoms with Crippen molar-refractivity contribution in [2.45, 2.75) is 31.7 Å². The number of hydrogen-bond donors (Lipinski definition) is 0. The molecule has 1 aromatic rings. The molecule has 18 heavy (non-hydrogen) atoms. The number of nitrogens with zero attached hydrogens (tertiary/aromatic N) is 1. The molecule has 1 aliphatic carbocycles. The van der Waals surface area contributed by atoms with E-state index in [0.29, 0.717) is 5.56 Å². The summed E-state index contributed by atoms with van der Waals surface area (Å²) in [5.41, 5.74) is 0.478. The van der Waals surface area contributed by atoms with Crippen LogP contribution in [0.15, 0.2) is 23.0 Å². The lowest BCUT2D eigenvalue weighted by molar-refractivity contribution is -0.141. The Morgan fingerprint density at radius 2 is 2.17 bits per heavy atom. The quantitative estimate of drug-likeness (QED) is 0.766. The topological polar surface area (TPSA) is 59.8 Å². The van der Waals surface area contributed by atoms with E-state index in [2.05, 4.69) is 4.74 Å². The van der Waals surface area contributed by atoms with Gasteiger partial charge in [-0.2, -0.15) is 0 Å². The molecule has 0 atom stereocenters. The van der Waals surface area contributed by atoms with Crippen LogP contribution in [0.3, 0.4) is 0 Å². The third-order valence-electron chi connectivity index (χ3n) is 3.32. The Balaban J connectivity index is 2.13. The van der Waals surface area contributed by atoms with Crippen LogP contribution in [0.5, 0.6) is 0 Å². The number of hydrogen-bond acceptors (Lipinski definition) is 4. The van der Waals surface area contributed by atoms with Gasteiger partial charge in [0.15, 0.2) is 0 Å². The molecule has 1 saturated carbocycles. The molecule has 1 amide bonds. The van der Waals surface area contributed by atoms with E-state index >= 15 is 0 Å². The predicted molar refractivity (Wildman–Crippen MR) is 64.0 cm³/mol. The normalized spacial score (nSPS) is 15.6. The average Bonchev–Trinajstić information content (AvgIpc) is 3.06. The van der Waals surface area contributed by atoms with Crippen molar-refractivity contribution < 1.29 is 18.7 Å². The summed E-state index contributed by atoms with van der Waals surface area (Å²) < 4.78 is 9.57. The van der Waals surface area contributed by atoms with Gasteiger partial charge < -0.3 is 14.1 Å². The first kappa shape index (κ1) is 12.7. The lowest BCUT2D eigenvalue weighted by atomic mass is 10.1. The van der Waals surface area contributed by atoms with Gasteiger partial charge in [-0.05, 0) is 18.9 Å². The minimum absolute atomic E-state index is 0.00514. The number of ether oxygens (including phenoxy) is 1. The highest BCUT2D eigenvalue weighted by atomic mass is 16.5. The number of esters is 1. The highest BCUT2D eigenvalue weighted by molar-refractivity contribution is 5.95. The third kappa shape index (κ3) is 2.72. The number of amides is 1. The fourth-order valence-electron chi connectivity index (χ4n) is 2.34. The van der Waals surface area contributed by atoms with E-state index in [9.17, 15) is 9.59 Å². The summed E-state index contributed by atoms with van der Waals surface area (Å²) in [6.45, 7) is 0.00514. The second-order valence-electron chi connectivity index (χ2n) is 4.46. The molecule has 5 nitrogen and oxygen atoms in total. The van der Waals surface area contributed by atoms with E-state index in [1.807, 2.05) is 0 Å². The Hall–Kier alpha value is -1.78. The molecule has 0 unspecified atom stereocenters. The largest absolute Gasteiger partial charge is 0.472 e. The van der Waals surface area contributed by atoms with Gasteiger partial charge in [-0.1, -0.05) is 12.8 Å². The van der Waals surface area contributed by atoms with Crippen LogP contribution in [0, 0.1) is 0 Å². The Kier molecular flexibility index (Phi) is 4.02. The van der Waals surface area contributed by atoms with Gasteiger partial charge in [0.25, 0.3) is 5.91 Å². The van der Waals surface area contributed by atoms with Crippen molar-refractivity contribution in [3.63, 3.8) is 0 Å². The van der Waals surface area contributed by atoms with Crippen LogP contribution in [0.4, 0.5) is 0 Å². The summed E-state index contributed by atoms with van der Waals surface area (Å²) in [6.07, 6.45) is 6.95. The maximum atomic E-state index is 12.3. The van der Waals surface area contributed by atoms with Crippen LogP contribution in [-0.2, 0) is 9.53 Å². The van der Waals surface area contributed by atoms with E-state index in [0.717, 1.165) is 25.7 Å². The molecule has 0 spiro atoms. The van der Waals surface area contributed by atoms with Crippen LogP contribution >= 0.6 is 0 Å². The summed E-state index contributed by atoms with van der Waals surface area (Å²) in [5.74, 6) is -0.556. The standard InChI is InChI=1S/C13H17NO4/c1-17-12(15)8-14(11-4-2-3-5-11)13(16)10-6-7-18-9-10/h6-7,9,11H,2-5,8H2,1H3. The second-order valence-corrected chi connectivity index (χ2v) is 4.46. The van der Waals surface area contributed by atoms with E-state index in [4.69, 9.17) is 4.42 Å². The molecule has 2 rings (SSSR count).